The van der Waals surface area contributed by atoms with Gasteiger partial charge in [-0.2, -0.15) is 18.3 Å². The van der Waals surface area contributed by atoms with Crippen LogP contribution in [0.25, 0.3) is 16.9 Å². The Morgan fingerprint density at radius 2 is 1.91 bits per heavy atom. The van der Waals surface area contributed by atoms with Gasteiger partial charge in [-0.05, 0) is 35.0 Å². The summed E-state index contributed by atoms with van der Waals surface area (Å²) in [5.74, 6) is -0.557. The second-order valence-electron chi connectivity index (χ2n) is 7.35. The lowest BCUT2D eigenvalue weighted by atomic mass is 10.1. The van der Waals surface area contributed by atoms with Crippen molar-refractivity contribution in [3.05, 3.63) is 52.3 Å². The third kappa shape index (κ3) is 4.94. The normalized spacial score (nSPS) is 15.2. The summed E-state index contributed by atoms with van der Waals surface area (Å²) in [6.07, 6.45) is -3.97. The number of alkyl halides is 3. The van der Waals surface area contributed by atoms with Crippen molar-refractivity contribution in [1.29, 1.82) is 0 Å². The number of rotatable bonds is 6. The summed E-state index contributed by atoms with van der Waals surface area (Å²) in [5.41, 5.74) is -0.545. The molecule has 0 bridgehead atoms. The summed E-state index contributed by atoms with van der Waals surface area (Å²) < 4.78 is 47.4. The molecule has 0 aliphatic carbocycles. The Balaban J connectivity index is 1.57. The van der Waals surface area contributed by atoms with Crippen LogP contribution < -0.4 is 5.32 Å². The number of nitrogens with one attached hydrogen (secondary N) is 1. The summed E-state index contributed by atoms with van der Waals surface area (Å²) in [6, 6.07) is 9.48. The molecule has 3 heterocycles. The Labute approximate surface area is 190 Å². The van der Waals surface area contributed by atoms with Crippen molar-refractivity contribution in [2.45, 2.75) is 12.6 Å². The quantitative estimate of drug-likeness (QED) is 0.511. The Morgan fingerprint density at radius 1 is 1.19 bits per heavy atom. The van der Waals surface area contributed by atoms with E-state index in [1.54, 1.807) is 30.3 Å². The SMILES string of the molecule is O=C(NCCCN1CCOCC1)c1nn2c(C(F)(F)F)cc(-c3ccccc3)nc2c1Br. The first-order valence-electron chi connectivity index (χ1n) is 10.1. The minimum Gasteiger partial charge on any atom is -0.379 e. The standard InChI is InChI=1S/C21H21BrF3N5O2/c22-17-18(20(31)26-7-4-8-29-9-11-32-12-10-29)28-30-16(21(23,24)25)13-15(27-19(17)30)14-5-2-1-3-6-14/h1-3,5-6,13H,4,7-12H2,(H,26,31). The molecule has 1 aliphatic heterocycles. The molecule has 0 atom stereocenters. The zero-order valence-electron chi connectivity index (χ0n) is 17.0. The van der Waals surface area contributed by atoms with Crippen molar-refractivity contribution in [2.24, 2.45) is 0 Å². The third-order valence-corrected chi connectivity index (χ3v) is 5.88. The van der Waals surface area contributed by atoms with Gasteiger partial charge in [-0.1, -0.05) is 30.3 Å². The van der Waals surface area contributed by atoms with E-state index >= 15 is 0 Å². The number of ether oxygens (including phenoxy) is 1. The molecule has 7 nitrogen and oxygen atoms in total. The minimum absolute atomic E-state index is 0.0721. The van der Waals surface area contributed by atoms with Crippen LogP contribution >= 0.6 is 15.9 Å². The molecule has 1 aliphatic rings. The molecule has 0 unspecified atom stereocenters. The number of hydrogen-bond donors (Lipinski definition) is 1. The van der Waals surface area contributed by atoms with Crippen LogP contribution in [0.1, 0.15) is 22.6 Å². The van der Waals surface area contributed by atoms with Crippen LogP contribution in [-0.4, -0.2) is 64.8 Å². The number of amides is 1. The fourth-order valence-corrected chi connectivity index (χ4v) is 4.02. The molecule has 0 spiro atoms. The van der Waals surface area contributed by atoms with Crippen molar-refractivity contribution in [3.63, 3.8) is 0 Å². The lowest BCUT2D eigenvalue weighted by molar-refractivity contribution is -0.142. The molecule has 32 heavy (non-hydrogen) atoms. The van der Waals surface area contributed by atoms with Crippen LogP contribution in [0.5, 0.6) is 0 Å². The first-order valence-corrected chi connectivity index (χ1v) is 10.9. The summed E-state index contributed by atoms with van der Waals surface area (Å²) in [6.45, 7) is 4.27. The van der Waals surface area contributed by atoms with E-state index in [9.17, 15) is 18.0 Å². The highest BCUT2D eigenvalue weighted by Crippen LogP contribution is 2.34. The van der Waals surface area contributed by atoms with Crippen LogP contribution in [0.3, 0.4) is 0 Å². The van der Waals surface area contributed by atoms with Gasteiger partial charge in [-0.3, -0.25) is 9.69 Å². The molecule has 1 saturated heterocycles. The number of aromatic nitrogens is 3. The summed E-state index contributed by atoms with van der Waals surface area (Å²) in [5, 5.41) is 6.66. The van der Waals surface area contributed by atoms with Gasteiger partial charge in [0.1, 0.15) is 0 Å². The summed E-state index contributed by atoms with van der Waals surface area (Å²) in [7, 11) is 0. The van der Waals surface area contributed by atoms with Crippen LogP contribution in [0.2, 0.25) is 0 Å². The average molecular weight is 512 g/mol. The van der Waals surface area contributed by atoms with E-state index in [-0.39, 0.29) is 21.5 Å². The van der Waals surface area contributed by atoms with Crippen molar-refractivity contribution in [1.82, 2.24) is 24.8 Å². The van der Waals surface area contributed by atoms with Gasteiger partial charge in [-0.25, -0.2) is 9.50 Å². The van der Waals surface area contributed by atoms with Crippen molar-refractivity contribution >= 4 is 27.5 Å². The van der Waals surface area contributed by atoms with Gasteiger partial charge in [0.15, 0.2) is 17.0 Å². The van der Waals surface area contributed by atoms with E-state index in [2.05, 4.69) is 36.2 Å². The number of fused-ring (bicyclic) bond motifs is 1. The molecular formula is C21H21BrF3N5O2. The van der Waals surface area contributed by atoms with E-state index in [1.807, 2.05) is 0 Å². The number of morpholine rings is 1. The number of nitrogens with zero attached hydrogens (tertiary/aromatic N) is 4. The lowest BCUT2D eigenvalue weighted by Gasteiger charge is -2.26. The van der Waals surface area contributed by atoms with Crippen molar-refractivity contribution < 1.29 is 22.7 Å². The maximum Gasteiger partial charge on any atom is 0.433 e. The van der Waals surface area contributed by atoms with Gasteiger partial charge in [0.25, 0.3) is 5.91 Å². The van der Waals surface area contributed by atoms with Crippen molar-refractivity contribution in [3.8, 4) is 11.3 Å². The molecule has 3 aromatic rings. The van der Waals surface area contributed by atoms with Crippen LogP contribution in [-0.2, 0) is 10.9 Å². The van der Waals surface area contributed by atoms with Gasteiger partial charge in [-0.15, -0.1) is 0 Å². The van der Waals surface area contributed by atoms with Crippen LogP contribution in [0.15, 0.2) is 40.9 Å². The van der Waals surface area contributed by atoms with E-state index < -0.39 is 17.8 Å². The zero-order valence-corrected chi connectivity index (χ0v) is 18.6. The highest BCUT2D eigenvalue weighted by atomic mass is 79.9. The Bertz CT molecular complexity index is 1100. The Hall–Kier alpha value is -2.50. The average Bonchev–Trinajstić information content (AvgIpc) is 3.13. The first kappa shape index (κ1) is 22.7. The first-order chi connectivity index (χ1) is 15.3. The number of benzene rings is 1. The Morgan fingerprint density at radius 3 is 2.59 bits per heavy atom. The summed E-state index contributed by atoms with van der Waals surface area (Å²) in [4.78, 5) is 19.2. The molecule has 0 radical (unpaired) electrons. The van der Waals surface area contributed by atoms with E-state index in [0.29, 0.717) is 36.3 Å². The van der Waals surface area contributed by atoms with Gasteiger partial charge >= 0.3 is 6.18 Å². The Kier molecular flexibility index (Phi) is 6.77. The predicted molar refractivity (Wildman–Crippen MR) is 115 cm³/mol. The van der Waals surface area contributed by atoms with Crippen LogP contribution in [0, 0.1) is 0 Å². The molecule has 4 rings (SSSR count). The number of carbonyl (C=O) groups excluding carboxylic acids is 1. The predicted octanol–water partition coefficient (Wildman–Crippen LogP) is 3.63. The molecule has 170 valence electrons. The molecule has 11 heteroatoms. The van der Waals surface area contributed by atoms with Gasteiger partial charge in [0.2, 0.25) is 0 Å². The molecule has 1 aromatic carbocycles. The highest BCUT2D eigenvalue weighted by Gasteiger charge is 2.36. The second-order valence-corrected chi connectivity index (χ2v) is 8.14. The minimum atomic E-state index is -4.68. The summed E-state index contributed by atoms with van der Waals surface area (Å²) >= 11 is 3.24. The highest BCUT2D eigenvalue weighted by molar-refractivity contribution is 9.10. The topological polar surface area (TPSA) is 71.8 Å². The van der Waals surface area contributed by atoms with Gasteiger partial charge in [0.05, 0.1) is 23.4 Å². The molecule has 1 N–H and O–H groups in total. The van der Waals surface area contributed by atoms with Gasteiger partial charge < -0.3 is 10.1 Å². The number of carbonyl (C=O) groups is 1. The fourth-order valence-electron chi connectivity index (χ4n) is 3.51. The monoisotopic (exact) mass is 511 g/mol. The smallest absolute Gasteiger partial charge is 0.379 e. The number of hydrogen-bond acceptors (Lipinski definition) is 5. The fraction of sp³-hybridized carbons (Fsp3) is 0.381. The molecule has 1 amide bonds. The van der Waals surface area contributed by atoms with Gasteiger partial charge in [0, 0.05) is 25.2 Å². The molecule has 0 saturated carbocycles. The van der Waals surface area contributed by atoms with Crippen LogP contribution in [0.4, 0.5) is 13.2 Å². The number of halogens is 4. The van der Waals surface area contributed by atoms with Crippen molar-refractivity contribution in [2.75, 3.05) is 39.4 Å². The maximum absolute atomic E-state index is 13.8. The third-order valence-electron chi connectivity index (χ3n) is 5.15. The second kappa shape index (κ2) is 9.55. The van der Waals surface area contributed by atoms with E-state index in [4.69, 9.17) is 4.74 Å². The largest absolute Gasteiger partial charge is 0.433 e. The zero-order chi connectivity index (χ0) is 22.7. The maximum atomic E-state index is 13.8. The molecule has 2 aromatic heterocycles. The van der Waals surface area contributed by atoms with E-state index in [0.717, 1.165) is 25.7 Å². The lowest BCUT2D eigenvalue weighted by Crippen LogP contribution is -2.38. The van der Waals surface area contributed by atoms with E-state index in [1.165, 1.54) is 0 Å². The molecule has 1 fully saturated rings. The molecular weight excluding hydrogens is 491 g/mol.